The highest BCUT2D eigenvalue weighted by molar-refractivity contribution is 9.10. The zero-order valence-electron chi connectivity index (χ0n) is 24.8. The van der Waals surface area contributed by atoms with Crippen molar-refractivity contribution in [3.63, 3.8) is 0 Å². The first kappa shape index (κ1) is 30.6. The van der Waals surface area contributed by atoms with Gasteiger partial charge in [-0.05, 0) is 66.8 Å². The fourth-order valence-corrected chi connectivity index (χ4v) is 5.38. The van der Waals surface area contributed by atoms with Crippen molar-refractivity contribution in [2.75, 3.05) is 6.61 Å². The highest BCUT2D eigenvalue weighted by Crippen LogP contribution is 2.36. The minimum atomic E-state index is -0.506. The van der Waals surface area contributed by atoms with Crippen LogP contribution < -0.4 is 15.0 Å². The van der Waals surface area contributed by atoms with Gasteiger partial charge >= 0.3 is 5.69 Å². The summed E-state index contributed by atoms with van der Waals surface area (Å²) in [5.74, 6) is 1.30. The first-order valence-corrected chi connectivity index (χ1v) is 15.0. The van der Waals surface area contributed by atoms with Gasteiger partial charge in [0.15, 0.2) is 5.82 Å². The average molecular weight is 656 g/mol. The molecular weight excluding hydrogens is 624 g/mol. The van der Waals surface area contributed by atoms with Crippen LogP contribution in [0.3, 0.4) is 0 Å². The van der Waals surface area contributed by atoms with Crippen molar-refractivity contribution in [2.45, 2.75) is 40.2 Å². The van der Waals surface area contributed by atoms with Crippen LogP contribution in [0.15, 0.2) is 93.2 Å². The largest absolute Gasteiger partial charge is 0.494 e. The number of hydrogen-bond acceptors (Lipinski definition) is 7. The topological polar surface area (TPSA) is 109 Å². The molecule has 10 heteroatoms. The predicted octanol–water partition coefficient (Wildman–Crippen LogP) is 8.03. The Balaban J connectivity index is 1.70. The Bertz CT molecular complexity index is 1940. The molecule has 4 aromatic carbocycles. The quantitative estimate of drug-likeness (QED) is 0.0857. The van der Waals surface area contributed by atoms with Crippen LogP contribution in [-0.4, -0.2) is 27.4 Å². The number of benzene rings is 4. The van der Waals surface area contributed by atoms with Crippen molar-refractivity contribution in [2.24, 2.45) is 5.10 Å². The lowest BCUT2D eigenvalue weighted by atomic mass is 9.96. The van der Waals surface area contributed by atoms with E-state index in [9.17, 15) is 14.9 Å². The van der Waals surface area contributed by atoms with E-state index < -0.39 is 4.92 Å². The second kappa shape index (κ2) is 13.2. The lowest BCUT2D eigenvalue weighted by Gasteiger charge is -2.18. The lowest BCUT2D eigenvalue weighted by molar-refractivity contribution is -0.386. The molecule has 0 bridgehead atoms. The number of fused-ring (bicyclic) bond motifs is 1. The maximum Gasteiger partial charge on any atom is 0.312 e. The summed E-state index contributed by atoms with van der Waals surface area (Å²) < 4.78 is 13.6. The van der Waals surface area contributed by atoms with Crippen LogP contribution in [0, 0.1) is 17.0 Å². The number of rotatable bonds is 10. The maximum atomic E-state index is 13.9. The minimum Gasteiger partial charge on any atom is -0.494 e. The molecule has 9 nitrogen and oxygen atoms in total. The van der Waals surface area contributed by atoms with E-state index in [1.807, 2.05) is 62.4 Å². The third kappa shape index (κ3) is 6.40. The standard InChI is InChI=1S/C34H31BrN4O5/c1-5-43-31-15-22(4)28(18-27(31)21(2)3)33-37-29-14-10-9-13-26(29)34(40)38(33)36-19-24-16-25(35)17-30(39(41)42)32(24)44-20-23-11-7-6-8-12-23/h6-19,21H,5,20H2,1-4H3. The first-order chi connectivity index (χ1) is 21.2. The summed E-state index contributed by atoms with van der Waals surface area (Å²) in [6, 6.07) is 23.4. The highest BCUT2D eigenvalue weighted by Gasteiger charge is 2.22. The Hall–Kier alpha value is -4.83. The van der Waals surface area contributed by atoms with E-state index in [4.69, 9.17) is 14.5 Å². The van der Waals surface area contributed by atoms with Crippen LogP contribution in [0.25, 0.3) is 22.3 Å². The average Bonchev–Trinajstić information content (AvgIpc) is 3.00. The number of aryl methyl sites for hydroxylation is 1. The van der Waals surface area contributed by atoms with E-state index in [0.717, 1.165) is 28.0 Å². The molecule has 1 heterocycles. The number of para-hydroxylation sites is 1. The Labute approximate surface area is 263 Å². The molecule has 0 unspecified atom stereocenters. The smallest absolute Gasteiger partial charge is 0.312 e. The number of nitro benzene ring substituents is 1. The molecule has 0 fully saturated rings. The van der Waals surface area contributed by atoms with Gasteiger partial charge in [-0.25, -0.2) is 4.98 Å². The third-order valence-corrected chi connectivity index (χ3v) is 7.53. The molecule has 0 aliphatic carbocycles. The molecule has 0 aliphatic heterocycles. The molecule has 0 amide bonds. The second-order valence-electron chi connectivity index (χ2n) is 10.5. The van der Waals surface area contributed by atoms with Crippen molar-refractivity contribution < 1.29 is 14.4 Å². The third-order valence-electron chi connectivity index (χ3n) is 7.07. The molecule has 5 aromatic rings. The van der Waals surface area contributed by atoms with Gasteiger partial charge in [0.05, 0.1) is 28.6 Å². The van der Waals surface area contributed by atoms with E-state index >= 15 is 0 Å². The monoisotopic (exact) mass is 654 g/mol. The Morgan fingerprint density at radius 1 is 1.05 bits per heavy atom. The molecule has 0 aliphatic rings. The summed E-state index contributed by atoms with van der Waals surface area (Å²) in [5.41, 5.74) is 3.64. The van der Waals surface area contributed by atoms with Crippen LogP contribution in [-0.2, 0) is 6.61 Å². The summed E-state index contributed by atoms with van der Waals surface area (Å²) in [7, 11) is 0. The second-order valence-corrected chi connectivity index (χ2v) is 11.4. The molecular formula is C34H31BrN4O5. The van der Waals surface area contributed by atoms with E-state index in [1.54, 1.807) is 24.3 Å². The Morgan fingerprint density at radius 2 is 1.77 bits per heavy atom. The lowest BCUT2D eigenvalue weighted by Crippen LogP contribution is -2.21. The van der Waals surface area contributed by atoms with Crippen LogP contribution in [0.5, 0.6) is 11.5 Å². The molecule has 0 saturated heterocycles. The summed E-state index contributed by atoms with van der Waals surface area (Å²) in [5, 5.41) is 17.0. The summed E-state index contributed by atoms with van der Waals surface area (Å²) >= 11 is 3.37. The van der Waals surface area contributed by atoms with Gasteiger partial charge < -0.3 is 9.47 Å². The molecule has 0 saturated carbocycles. The van der Waals surface area contributed by atoms with Crippen LogP contribution in [0.1, 0.15) is 48.9 Å². The summed E-state index contributed by atoms with van der Waals surface area (Å²) in [6.07, 6.45) is 1.40. The van der Waals surface area contributed by atoms with E-state index in [0.29, 0.717) is 33.4 Å². The van der Waals surface area contributed by atoms with Crippen molar-refractivity contribution in [1.29, 1.82) is 0 Å². The molecule has 0 N–H and O–H groups in total. The Kier molecular flexibility index (Phi) is 9.20. The SMILES string of the molecule is CCOc1cc(C)c(-c2nc3ccccc3c(=O)n2N=Cc2cc(Br)cc([N+](=O)[O-])c2OCc2ccccc2)cc1C(C)C. The highest BCUT2D eigenvalue weighted by atomic mass is 79.9. The van der Waals surface area contributed by atoms with Gasteiger partial charge in [-0.3, -0.25) is 14.9 Å². The van der Waals surface area contributed by atoms with Gasteiger partial charge in [0.1, 0.15) is 12.4 Å². The Morgan fingerprint density at radius 3 is 2.48 bits per heavy atom. The van der Waals surface area contributed by atoms with Gasteiger partial charge in [-0.2, -0.15) is 9.78 Å². The van der Waals surface area contributed by atoms with Crippen LogP contribution in [0.2, 0.25) is 0 Å². The van der Waals surface area contributed by atoms with Gasteiger partial charge in [0.2, 0.25) is 5.75 Å². The molecule has 44 heavy (non-hydrogen) atoms. The number of hydrogen-bond donors (Lipinski definition) is 0. The van der Waals surface area contributed by atoms with Crippen LogP contribution in [0.4, 0.5) is 5.69 Å². The zero-order chi connectivity index (χ0) is 31.4. The maximum absolute atomic E-state index is 13.9. The molecule has 224 valence electrons. The van der Waals surface area contributed by atoms with Crippen molar-refractivity contribution >= 4 is 38.7 Å². The molecule has 0 atom stereocenters. The fraction of sp³-hybridized carbons (Fsp3) is 0.206. The van der Waals surface area contributed by atoms with E-state index in [2.05, 4.69) is 34.9 Å². The minimum absolute atomic E-state index is 0.0356. The van der Waals surface area contributed by atoms with Gasteiger partial charge in [0, 0.05) is 21.7 Å². The predicted molar refractivity (Wildman–Crippen MR) is 176 cm³/mol. The van der Waals surface area contributed by atoms with Gasteiger partial charge in [-0.1, -0.05) is 72.2 Å². The van der Waals surface area contributed by atoms with Crippen molar-refractivity contribution in [3.8, 4) is 22.9 Å². The molecule has 0 spiro atoms. The fourth-order valence-electron chi connectivity index (χ4n) is 4.91. The van der Waals surface area contributed by atoms with Crippen molar-refractivity contribution in [1.82, 2.24) is 9.66 Å². The summed E-state index contributed by atoms with van der Waals surface area (Å²) in [6.45, 7) is 8.66. The number of ether oxygens (including phenoxy) is 2. The number of nitro groups is 1. The number of halogens is 1. The number of aromatic nitrogens is 2. The van der Waals surface area contributed by atoms with E-state index in [-0.39, 0.29) is 29.5 Å². The molecule has 5 rings (SSSR count). The molecule has 1 aromatic heterocycles. The van der Waals surface area contributed by atoms with Gasteiger partial charge in [-0.15, -0.1) is 0 Å². The molecule has 0 radical (unpaired) electrons. The zero-order valence-corrected chi connectivity index (χ0v) is 26.4. The number of nitrogens with zero attached hydrogens (tertiary/aromatic N) is 4. The van der Waals surface area contributed by atoms with Gasteiger partial charge in [0.25, 0.3) is 5.56 Å². The summed E-state index contributed by atoms with van der Waals surface area (Å²) in [4.78, 5) is 30.3. The van der Waals surface area contributed by atoms with E-state index in [1.165, 1.54) is 17.0 Å². The normalized spacial score (nSPS) is 11.4. The van der Waals surface area contributed by atoms with Crippen LogP contribution >= 0.6 is 15.9 Å². The first-order valence-electron chi connectivity index (χ1n) is 14.2. The van der Waals surface area contributed by atoms with Crippen molar-refractivity contribution in [3.05, 3.63) is 126 Å².